The first-order chi connectivity index (χ1) is 15.3. The molecule has 0 unspecified atom stereocenters. The van der Waals surface area contributed by atoms with Crippen molar-refractivity contribution < 1.29 is 29.4 Å². The fourth-order valence-electron chi connectivity index (χ4n) is 3.72. The van der Waals surface area contributed by atoms with Gasteiger partial charge in [-0.3, -0.25) is 19.2 Å². The number of aliphatic hydroxyl groups excluding tert-OH is 2. The van der Waals surface area contributed by atoms with E-state index in [0.717, 1.165) is 0 Å². The summed E-state index contributed by atoms with van der Waals surface area (Å²) in [5.74, 6) is -1.98. The van der Waals surface area contributed by atoms with Crippen molar-refractivity contribution >= 4 is 23.6 Å². The summed E-state index contributed by atoms with van der Waals surface area (Å²) in [6.45, 7) is 7.00. The molecule has 0 aromatic rings. The van der Waals surface area contributed by atoms with Gasteiger partial charge in [0.2, 0.25) is 23.6 Å². The van der Waals surface area contributed by atoms with Crippen LogP contribution in [0.15, 0.2) is 24.3 Å². The van der Waals surface area contributed by atoms with Crippen LogP contribution in [-0.4, -0.2) is 99.5 Å². The first-order valence-corrected chi connectivity index (χ1v) is 11.1. The third-order valence-corrected chi connectivity index (χ3v) is 5.96. The van der Waals surface area contributed by atoms with Crippen molar-refractivity contribution in [2.45, 2.75) is 70.9 Å². The summed E-state index contributed by atoms with van der Waals surface area (Å²) in [5, 5.41) is 18.8. The van der Waals surface area contributed by atoms with Crippen LogP contribution in [0.5, 0.6) is 0 Å². The number of aliphatic hydroxyl groups is 2. The minimum atomic E-state index is -1.04. The molecule has 1 fully saturated rings. The molecule has 0 aromatic carbocycles. The predicted octanol–water partition coefficient (Wildman–Crippen LogP) is -0.353. The van der Waals surface area contributed by atoms with Crippen LogP contribution >= 0.6 is 0 Å². The summed E-state index contributed by atoms with van der Waals surface area (Å²) in [6, 6.07) is -2.34. The fourth-order valence-corrected chi connectivity index (χ4v) is 3.72. The number of primary amides is 1. The quantitative estimate of drug-likeness (QED) is 0.296. The van der Waals surface area contributed by atoms with Gasteiger partial charge in [0.05, 0.1) is 12.2 Å². The molecule has 0 spiro atoms. The van der Waals surface area contributed by atoms with Gasteiger partial charge in [-0.1, -0.05) is 32.1 Å². The highest BCUT2D eigenvalue weighted by molar-refractivity contribution is 5.96. The van der Waals surface area contributed by atoms with Crippen molar-refractivity contribution in [3.05, 3.63) is 24.3 Å². The Morgan fingerprint density at radius 3 is 2.15 bits per heavy atom. The van der Waals surface area contributed by atoms with Crippen molar-refractivity contribution in [2.75, 3.05) is 20.6 Å². The van der Waals surface area contributed by atoms with E-state index in [-0.39, 0.29) is 17.7 Å². The maximum absolute atomic E-state index is 13.3. The first-order valence-electron chi connectivity index (χ1n) is 11.1. The number of hydrogen-bond donors (Lipinski definition) is 3. The zero-order valence-electron chi connectivity index (χ0n) is 20.3. The Hall–Kier alpha value is -2.72. The molecule has 1 heterocycles. The second kappa shape index (κ2) is 12.5. The van der Waals surface area contributed by atoms with Crippen LogP contribution in [0.3, 0.4) is 0 Å². The lowest BCUT2D eigenvalue weighted by molar-refractivity contribution is -0.151. The van der Waals surface area contributed by atoms with Crippen LogP contribution in [0.4, 0.5) is 0 Å². The number of carbonyl (C=O) groups is 4. The number of rotatable bonds is 10. The fraction of sp³-hybridized carbons (Fsp3) is 0.652. The molecule has 4 N–H and O–H groups in total. The summed E-state index contributed by atoms with van der Waals surface area (Å²) < 4.78 is 0. The van der Waals surface area contributed by atoms with Crippen LogP contribution in [0.25, 0.3) is 0 Å². The molecule has 0 aromatic heterocycles. The van der Waals surface area contributed by atoms with E-state index in [9.17, 15) is 29.4 Å². The lowest BCUT2D eigenvalue weighted by Gasteiger charge is -2.37. The van der Waals surface area contributed by atoms with Crippen molar-refractivity contribution in [1.82, 2.24) is 14.7 Å². The van der Waals surface area contributed by atoms with Crippen LogP contribution in [-0.2, 0) is 19.2 Å². The van der Waals surface area contributed by atoms with E-state index >= 15 is 0 Å². The number of hydrogen-bond acceptors (Lipinski definition) is 6. The molecule has 0 radical (unpaired) electrons. The number of amides is 4. The van der Waals surface area contributed by atoms with E-state index < -0.39 is 42.1 Å². The number of likely N-dealkylation sites (tertiary alicyclic amines) is 1. The molecule has 1 saturated heterocycles. The largest absolute Gasteiger partial charge is 0.390 e. The Labute approximate surface area is 195 Å². The van der Waals surface area contributed by atoms with E-state index in [1.807, 2.05) is 13.8 Å². The Kier molecular flexibility index (Phi) is 10.7. The maximum Gasteiger partial charge on any atom is 0.247 e. The first kappa shape index (κ1) is 28.3. The minimum absolute atomic E-state index is 0.232. The Morgan fingerprint density at radius 2 is 1.64 bits per heavy atom. The number of nitrogens with zero attached hydrogens (tertiary/aromatic N) is 3. The molecule has 5 atom stereocenters. The number of carbonyl (C=O) groups excluding carboxylic acids is 4. The van der Waals surface area contributed by atoms with Gasteiger partial charge in [0.15, 0.2) is 0 Å². The molecule has 4 amide bonds. The van der Waals surface area contributed by atoms with Gasteiger partial charge in [-0.25, -0.2) is 0 Å². The number of allylic oxidation sites excluding steroid dienone is 2. The molecule has 186 valence electrons. The third kappa shape index (κ3) is 7.40. The molecule has 1 aliphatic rings. The maximum atomic E-state index is 13.3. The molecule has 33 heavy (non-hydrogen) atoms. The van der Waals surface area contributed by atoms with Gasteiger partial charge in [-0.05, 0) is 32.6 Å². The van der Waals surface area contributed by atoms with E-state index in [1.165, 1.54) is 66.9 Å². The molecular formula is C23H38N4O6. The highest BCUT2D eigenvalue weighted by Crippen LogP contribution is 2.23. The highest BCUT2D eigenvalue weighted by Gasteiger charge is 2.40. The van der Waals surface area contributed by atoms with Gasteiger partial charge in [0.25, 0.3) is 0 Å². The molecule has 0 bridgehead atoms. The Morgan fingerprint density at radius 1 is 1.03 bits per heavy atom. The topological polar surface area (TPSA) is 144 Å². The normalized spacial score (nSPS) is 20.2. The third-order valence-electron chi connectivity index (χ3n) is 5.96. The molecule has 0 saturated carbocycles. The van der Waals surface area contributed by atoms with Crippen molar-refractivity contribution in [2.24, 2.45) is 11.7 Å². The zero-order valence-corrected chi connectivity index (χ0v) is 20.3. The minimum Gasteiger partial charge on any atom is -0.390 e. The smallest absolute Gasteiger partial charge is 0.247 e. The van der Waals surface area contributed by atoms with Crippen molar-refractivity contribution in [3.63, 3.8) is 0 Å². The van der Waals surface area contributed by atoms with Crippen molar-refractivity contribution in [3.8, 4) is 0 Å². The van der Waals surface area contributed by atoms with Gasteiger partial charge in [-0.15, -0.1) is 0 Å². The van der Waals surface area contributed by atoms with Crippen molar-refractivity contribution in [1.29, 1.82) is 0 Å². The van der Waals surface area contributed by atoms with Gasteiger partial charge in [0, 0.05) is 26.7 Å². The molecular weight excluding hydrogens is 428 g/mol. The summed E-state index contributed by atoms with van der Waals surface area (Å²) in [6.07, 6.45) is 4.71. The van der Waals surface area contributed by atoms with Crippen LogP contribution < -0.4 is 5.73 Å². The predicted molar refractivity (Wildman–Crippen MR) is 124 cm³/mol. The number of nitrogens with two attached hydrogens (primary N) is 1. The molecule has 10 nitrogen and oxygen atoms in total. The monoisotopic (exact) mass is 466 g/mol. The average molecular weight is 467 g/mol. The van der Waals surface area contributed by atoms with Crippen LogP contribution in [0.2, 0.25) is 0 Å². The Bertz CT molecular complexity index is 779. The van der Waals surface area contributed by atoms with E-state index in [0.29, 0.717) is 19.4 Å². The molecule has 1 rings (SSSR count). The highest BCUT2D eigenvalue weighted by atomic mass is 16.3. The standard InChI is InChI=1S/C23H38N4O6/c1-14(2)20(23(33)25(5)15(3)21(24)31)26(6)22(32)17-10-9-13-27(17)19(30)12-8-7-11-18(29)16(4)28/h7-8,11-12,14-18,20,28-29H,9-10,13H2,1-6H3,(H2,24,31)/b11-7+,12-8+/t15-,16-,17+,18+,20+/m1/s1. The zero-order chi connectivity index (χ0) is 25.5. The average Bonchev–Trinajstić information content (AvgIpc) is 3.24. The van der Waals surface area contributed by atoms with Gasteiger partial charge in [-0.2, -0.15) is 0 Å². The number of likely N-dealkylation sites (N-methyl/N-ethyl adjacent to an activating group) is 2. The van der Waals surface area contributed by atoms with E-state index in [4.69, 9.17) is 5.73 Å². The van der Waals surface area contributed by atoms with Crippen LogP contribution in [0, 0.1) is 5.92 Å². The summed E-state index contributed by atoms with van der Waals surface area (Å²) in [4.78, 5) is 54.6. The summed E-state index contributed by atoms with van der Waals surface area (Å²) in [7, 11) is 3.01. The van der Waals surface area contributed by atoms with E-state index in [1.54, 1.807) is 0 Å². The second-order valence-electron chi connectivity index (χ2n) is 8.83. The second-order valence-corrected chi connectivity index (χ2v) is 8.83. The summed E-state index contributed by atoms with van der Waals surface area (Å²) in [5.41, 5.74) is 5.32. The summed E-state index contributed by atoms with van der Waals surface area (Å²) >= 11 is 0. The SMILES string of the molecule is CC(C)[C@@H](C(=O)N(C)[C@H](C)C(N)=O)N(C)C(=O)[C@@H]1CCCN1C(=O)/C=C/C=C/[C@H](O)[C@@H](C)O. The lowest BCUT2D eigenvalue weighted by atomic mass is 9.99. The molecule has 0 aliphatic carbocycles. The van der Waals surface area contributed by atoms with E-state index in [2.05, 4.69) is 0 Å². The Balaban J connectivity index is 2.97. The molecule has 10 heteroatoms. The van der Waals surface area contributed by atoms with Gasteiger partial charge < -0.3 is 30.6 Å². The van der Waals surface area contributed by atoms with Gasteiger partial charge in [0.1, 0.15) is 18.1 Å². The van der Waals surface area contributed by atoms with Crippen LogP contribution in [0.1, 0.15) is 40.5 Å². The van der Waals surface area contributed by atoms with Gasteiger partial charge >= 0.3 is 0 Å². The molecule has 1 aliphatic heterocycles. The lowest BCUT2D eigenvalue weighted by Crippen LogP contribution is -2.57.